The van der Waals surface area contributed by atoms with Gasteiger partial charge in [-0.1, -0.05) is 248 Å². The van der Waals surface area contributed by atoms with E-state index in [1.165, 1.54) is 73.7 Å². The highest BCUT2D eigenvalue weighted by Gasteiger charge is 2.44. The molecule has 0 spiro atoms. The summed E-state index contributed by atoms with van der Waals surface area (Å²) in [6, 6.07) is 41.5. The topological polar surface area (TPSA) is 74.8 Å². The standard InChI is InChI=1S/C98H116N2O4S2/c1-17-21-25-31-63(32-26-22-18-2)99-91(101)81-59(47-51-95(5,6)7)55-73-69-37-29-35-67-65(39-41-71(85(67)69)75-57-61(49-53-97(11,12)13)83(93(99)103)89(81)87(73)75)77-43-45-79(105-77)80-46-44-78(106-80)66-40-42-72-76-58-62(50-54-98(14,15)16)84-90-82(92(102)100(94(84)104)64(33-27-23-19-3)34-28-24-20-4)60(48-52-96(8,9)10)56-74(88(76)90)70-38-30-36-68(66)86(70)72/h29-30,35-46,55-58,63-64H,17-28,31-34,47-54H2,1-16H3. The Bertz CT molecular complexity index is 4820. The maximum Gasteiger partial charge on any atom is 0.261 e. The molecule has 10 aromatic carbocycles. The smallest absolute Gasteiger partial charge is 0.261 e. The van der Waals surface area contributed by atoms with Gasteiger partial charge in [0.2, 0.25) is 0 Å². The van der Waals surface area contributed by atoms with Gasteiger partial charge in [-0.15, -0.1) is 22.7 Å². The fraction of sp³-hybridized carbons (Fsp3) is 0.469. The second-order valence-corrected chi connectivity index (χ2v) is 39.1. The monoisotopic (exact) mass is 1450 g/mol. The van der Waals surface area contributed by atoms with E-state index >= 15 is 19.2 Å². The largest absolute Gasteiger partial charge is 0.271 e. The van der Waals surface area contributed by atoms with Gasteiger partial charge in [-0.05, 0) is 256 Å². The highest BCUT2D eigenvalue weighted by atomic mass is 32.1. The van der Waals surface area contributed by atoms with Crippen LogP contribution in [0, 0.1) is 21.7 Å². The van der Waals surface area contributed by atoms with Crippen LogP contribution in [0.15, 0.2) is 109 Å². The Morgan fingerprint density at radius 1 is 0.292 bits per heavy atom. The minimum atomic E-state index is -0.137. The number of aryl methyl sites for hydroxylation is 4. The van der Waals surface area contributed by atoms with Gasteiger partial charge in [0.25, 0.3) is 23.6 Å². The summed E-state index contributed by atoms with van der Waals surface area (Å²) in [6.45, 7) is 36.5. The molecule has 2 aliphatic heterocycles. The van der Waals surface area contributed by atoms with Crippen LogP contribution in [-0.4, -0.2) is 45.5 Å². The zero-order chi connectivity index (χ0) is 75.1. The number of rotatable bonds is 29. The molecule has 0 atom stereocenters. The quantitative estimate of drug-likeness (QED) is 0.0203. The third kappa shape index (κ3) is 14.2. The number of hydrogen-bond acceptors (Lipinski definition) is 6. The predicted molar refractivity (Wildman–Crippen MR) is 457 cm³/mol. The molecule has 0 saturated heterocycles. The van der Waals surface area contributed by atoms with Crippen LogP contribution in [0.1, 0.15) is 303 Å². The van der Waals surface area contributed by atoms with Gasteiger partial charge >= 0.3 is 0 Å². The summed E-state index contributed by atoms with van der Waals surface area (Å²) in [7, 11) is 0. The minimum absolute atomic E-state index is 0.0295. The summed E-state index contributed by atoms with van der Waals surface area (Å²) < 4.78 is 0. The molecule has 0 unspecified atom stereocenters. The molecule has 0 radical (unpaired) electrons. The molecule has 4 heterocycles. The van der Waals surface area contributed by atoms with Gasteiger partial charge in [0.05, 0.1) is 22.3 Å². The van der Waals surface area contributed by atoms with Crippen molar-refractivity contribution in [3.63, 3.8) is 0 Å². The molecule has 0 fully saturated rings. The van der Waals surface area contributed by atoms with Crippen LogP contribution in [0.2, 0.25) is 0 Å². The zero-order valence-corrected chi connectivity index (χ0v) is 68.5. The molecule has 0 N–H and O–H groups in total. The minimum Gasteiger partial charge on any atom is -0.271 e. The first kappa shape index (κ1) is 75.3. The average Bonchev–Trinajstić information content (AvgIpc) is 0.715. The summed E-state index contributed by atoms with van der Waals surface area (Å²) in [6.07, 6.45) is 22.7. The van der Waals surface area contributed by atoms with Crippen molar-refractivity contribution in [3.8, 4) is 30.6 Å². The van der Waals surface area contributed by atoms with Gasteiger partial charge in [0.15, 0.2) is 0 Å². The Morgan fingerprint density at radius 3 is 0.830 bits per heavy atom. The van der Waals surface area contributed by atoms with E-state index in [1.807, 2.05) is 22.7 Å². The Hall–Kier alpha value is -7.52. The number of thiophene rings is 2. The Labute approximate surface area is 640 Å². The number of carbonyl (C=O) groups excluding carboxylic acids is 4. The van der Waals surface area contributed by atoms with Gasteiger partial charge < -0.3 is 0 Å². The maximum atomic E-state index is 15.9. The molecular formula is C98H116N2O4S2. The van der Waals surface area contributed by atoms with E-state index in [0.717, 1.165) is 242 Å². The molecule has 4 amide bonds. The van der Waals surface area contributed by atoms with Crippen LogP contribution in [0.25, 0.3) is 117 Å². The van der Waals surface area contributed by atoms with E-state index in [4.69, 9.17) is 0 Å². The van der Waals surface area contributed by atoms with E-state index in [0.29, 0.717) is 0 Å². The number of imide groups is 2. The molecule has 6 nitrogen and oxygen atoms in total. The molecule has 0 bridgehead atoms. The summed E-state index contributed by atoms with van der Waals surface area (Å²) in [4.78, 5) is 72.0. The molecule has 2 aliphatic rings. The van der Waals surface area contributed by atoms with E-state index in [-0.39, 0.29) is 57.4 Å². The third-order valence-electron chi connectivity index (χ3n) is 24.0. The van der Waals surface area contributed by atoms with Crippen molar-refractivity contribution in [2.45, 2.75) is 277 Å². The SMILES string of the molecule is CCCCCC(CCCCC)N1C(=O)c2c(CCC(C)(C)C)cc3c4cccc5c(-c6ccc(-c7ccc(-c8ccc9c%10cc(CCC(C)(C)C)c%11c%12c(c(CCC(C)(C)C)cc(c%13cccc8c%139)c%12%10)C(=O)N(C(CCCCC)CCCCC)C%11=O)s7)s6)ccc(c6cc(CCC(C)(C)C)c(c2c36)C1=O)c54. The number of fused-ring (bicyclic) bond motifs is 4. The molecule has 0 aliphatic carbocycles. The summed E-state index contributed by atoms with van der Waals surface area (Å²) in [5.74, 6) is -0.351. The van der Waals surface area contributed by atoms with Gasteiger partial charge in [-0.2, -0.15) is 0 Å². The van der Waals surface area contributed by atoms with Crippen molar-refractivity contribution in [2.75, 3.05) is 0 Å². The summed E-state index contributed by atoms with van der Waals surface area (Å²) in [5, 5.41) is 18.0. The second kappa shape index (κ2) is 29.8. The zero-order valence-electron chi connectivity index (χ0n) is 66.9. The van der Waals surface area contributed by atoms with E-state index in [2.05, 4.69) is 220 Å². The molecule has 8 heteroatoms. The lowest BCUT2D eigenvalue weighted by Gasteiger charge is -2.37. The van der Waals surface area contributed by atoms with Crippen LogP contribution in [-0.2, 0) is 25.7 Å². The Balaban J connectivity index is 0.886. The first-order valence-corrected chi connectivity index (χ1v) is 42.7. The van der Waals surface area contributed by atoms with Gasteiger partial charge in [-0.25, -0.2) is 0 Å². The molecule has 0 saturated carbocycles. The Kier molecular flexibility index (Phi) is 21.2. The second-order valence-electron chi connectivity index (χ2n) is 36.9. The van der Waals surface area contributed by atoms with E-state index in [1.54, 1.807) is 9.80 Å². The van der Waals surface area contributed by atoms with Gasteiger partial charge in [0, 0.05) is 42.4 Å². The lowest BCUT2D eigenvalue weighted by Crippen LogP contribution is -2.48. The van der Waals surface area contributed by atoms with Crippen molar-refractivity contribution in [2.24, 2.45) is 21.7 Å². The predicted octanol–water partition coefficient (Wildman–Crippen LogP) is 29.1. The molecule has 554 valence electrons. The van der Waals surface area contributed by atoms with Crippen LogP contribution in [0.4, 0.5) is 0 Å². The number of benzene rings is 10. The van der Waals surface area contributed by atoms with Crippen LogP contribution < -0.4 is 0 Å². The van der Waals surface area contributed by atoms with E-state index in [9.17, 15) is 0 Å². The van der Waals surface area contributed by atoms with Crippen molar-refractivity contribution >= 4 is 132 Å². The Morgan fingerprint density at radius 2 is 0.557 bits per heavy atom. The van der Waals surface area contributed by atoms with Gasteiger partial charge in [-0.3, -0.25) is 29.0 Å². The van der Waals surface area contributed by atoms with Crippen LogP contribution in [0.5, 0.6) is 0 Å². The lowest BCUT2D eigenvalue weighted by molar-refractivity contribution is 0.0500. The lowest BCUT2D eigenvalue weighted by atomic mass is 9.77. The van der Waals surface area contributed by atoms with Crippen LogP contribution >= 0.6 is 22.7 Å². The van der Waals surface area contributed by atoms with Crippen molar-refractivity contribution in [1.29, 1.82) is 0 Å². The highest BCUT2D eigenvalue weighted by molar-refractivity contribution is 7.25. The fourth-order valence-electron chi connectivity index (χ4n) is 18.2. The molecular weight excluding hydrogens is 1330 g/mol. The molecule has 12 aromatic rings. The van der Waals surface area contributed by atoms with Crippen molar-refractivity contribution in [1.82, 2.24) is 9.80 Å². The molecule has 2 aromatic heterocycles. The van der Waals surface area contributed by atoms with Crippen LogP contribution in [0.3, 0.4) is 0 Å². The first-order chi connectivity index (χ1) is 50.6. The number of nitrogens with zero attached hydrogens (tertiary/aromatic N) is 2. The number of amides is 4. The number of hydrogen-bond donors (Lipinski definition) is 0. The van der Waals surface area contributed by atoms with Crippen molar-refractivity contribution < 1.29 is 19.2 Å². The van der Waals surface area contributed by atoms with E-state index < -0.39 is 0 Å². The number of unbranched alkanes of at least 4 members (excludes halogenated alkanes) is 8. The average molecular weight is 1450 g/mol. The van der Waals surface area contributed by atoms with Gasteiger partial charge in [0.1, 0.15) is 0 Å². The maximum absolute atomic E-state index is 15.9. The fourth-order valence-corrected chi connectivity index (χ4v) is 20.4. The molecule has 14 rings (SSSR count). The highest BCUT2D eigenvalue weighted by Crippen LogP contribution is 2.54. The third-order valence-corrected chi connectivity index (χ3v) is 26.4. The normalized spacial score (nSPS) is 14.2. The molecule has 106 heavy (non-hydrogen) atoms. The van der Waals surface area contributed by atoms with Crippen molar-refractivity contribution in [3.05, 3.63) is 154 Å². The first-order valence-electron chi connectivity index (χ1n) is 41.0. The summed E-state index contributed by atoms with van der Waals surface area (Å²) in [5.41, 5.74) is 9.87. The summed E-state index contributed by atoms with van der Waals surface area (Å²) >= 11 is 3.71. The number of carbonyl (C=O) groups is 4.